The first-order valence-electron chi connectivity index (χ1n) is 9.33. The molecule has 2 aromatic rings. The number of aromatic amines is 1. The number of fused-ring (bicyclic) bond motifs is 1. The second-order valence-corrected chi connectivity index (χ2v) is 7.06. The number of H-pyrrole nitrogens is 1. The Balaban J connectivity index is 1.55. The van der Waals surface area contributed by atoms with Crippen LogP contribution < -0.4 is 16.2 Å². The first-order chi connectivity index (χ1) is 13.4. The summed E-state index contributed by atoms with van der Waals surface area (Å²) < 4.78 is 4.98. The Bertz CT molecular complexity index is 952. The lowest BCUT2D eigenvalue weighted by Crippen LogP contribution is -2.48. The van der Waals surface area contributed by atoms with Crippen LogP contribution in [0.3, 0.4) is 0 Å². The molecule has 3 amide bonds. The highest BCUT2D eigenvalue weighted by atomic mass is 16.5. The van der Waals surface area contributed by atoms with Crippen LogP contribution in [0.1, 0.15) is 43.0 Å². The van der Waals surface area contributed by atoms with E-state index in [1.54, 1.807) is 24.3 Å². The number of ether oxygens (including phenoxy) is 1. The molecule has 1 saturated carbocycles. The van der Waals surface area contributed by atoms with Gasteiger partial charge in [-0.15, -0.1) is 0 Å². The van der Waals surface area contributed by atoms with E-state index in [0.717, 1.165) is 31.7 Å². The van der Waals surface area contributed by atoms with Crippen LogP contribution in [0.25, 0.3) is 10.9 Å². The van der Waals surface area contributed by atoms with Crippen LogP contribution in [0.2, 0.25) is 0 Å². The third-order valence-corrected chi connectivity index (χ3v) is 4.99. The average Bonchev–Trinajstić information content (AvgIpc) is 2.67. The van der Waals surface area contributed by atoms with E-state index < -0.39 is 30.1 Å². The summed E-state index contributed by atoms with van der Waals surface area (Å²) in [6.45, 7) is 1.45. The van der Waals surface area contributed by atoms with Gasteiger partial charge in [0.25, 0.3) is 5.91 Å². The fraction of sp³-hybridized carbons (Fsp3) is 0.400. The summed E-state index contributed by atoms with van der Waals surface area (Å²) in [6.07, 6.45) is 4.12. The standard InChI is InChI=1S/C20H23N3O5/c1-12-6-2-4-8-15(12)22-20(27)23-18(25)11-28-19(26)14-10-17(24)21-16-9-5-3-7-13(14)16/h3,5,7,9-10,12,15H,2,4,6,8,11H2,1H3,(H,21,24)(H2,22,23,25,27)/t12-,15+/m1/s1. The molecule has 0 spiro atoms. The van der Waals surface area contributed by atoms with E-state index in [1.807, 2.05) is 0 Å². The molecule has 1 aliphatic rings. The van der Waals surface area contributed by atoms with E-state index in [-0.39, 0.29) is 11.6 Å². The molecule has 2 atom stereocenters. The Morgan fingerprint density at radius 3 is 2.71 bits per heavy atom. The molecule has 1 aromatic heterocycles. The second-order valence-electron chi connectivity index (χ2n) is 7.06. The maximum Gasteiger partial charge on any atom is 0.339 e. The predicted molar refractivity (Wildman–Crippen MR) is 103 cm³/mol. The van der Waals surface area contributed by atoms with Crippen LogP contribution in [-0.4, -0.2) is 35.5 Å². The maximum absolute atomic E-state index is 12.3. The van der Waals surface area contributed by atoms with E-state index in [4.69, 9.17) is 4.74 Å². The number of hydrogen-bond acceptors (Lipinski definition) is 5. The second kappa shape index (κ2) is 8.69. The number of para-hydroxylation sites is 1. The lowest BCUT2D eigenvalue weighted by molar-refractivity contribution is -0.123. The van der Waals surface area contributed by atoms with Gasteiger partial charge in [0.2, 0.25) is 5.56 Å². The van der Waals surface area contributed by atoms with Crippen LogP contribution in [0.4, 0.5) is 4.79 Å². The SMILES string of the molecule is C[C@@H]1CCCC[C@@H]1NC(=O)NC(=O)COC(=O)c1cc(=O)[nH]c2ccccc12. The average molecular weight is 385 g/mol. The van der Waals surface area contributed by atoms with Crippen molar-refractivity contribution >= 4 is 28.8 Å². The summed E-state index contributed by atoms with van der Waals surface area (Å²) in [6, 6.07) is 7.35. The number of carbonyl (C=O) groups excluding carboxylic acids is 3. The van der Waals surface area contributed by atoms with Gasteiger partial charge < -0.3 is 15.0 Å². The van der Waals surface area contributed by atoms with Gasteiger partial charge in [-0.1, -0.05) is 38.0 Å². The third kappa shape index (κ3) is 4.76. The third-order valence-electron chi connectivity index (χ3n) is 4.99. The fourth-order valence-electron chi connectivity index (χ4n) is 3.48. The van der Waals surface area contributed by atoms with Crippen LogP contribution >= 0.6 is 0 Å². The summed E-state index contributed by atoms with van der Waals surface area (Å²) in [7, 11) is 0. The molecule has 8 nitrogen and oxygen atoms in total. The number of amides is 3. The molecular weight excluding hydrogens is 362 g/mol. The number of esters is 1. The topological polar surface area (TPSA) is 117 Å². The van der Waals surface area contributed by atoms with Crippen LogP contribution in [-0.2, 0) is 9.53 Å². The zero-order chi connectivity index (χ0) is 20.1. The smallest absolute Gasteiger partial charge is 0.339 e. The van der Waals surface area contributed by atoms with Crippen molar-refractivity contribution in [2.24, 2.45) is 5.92 Å². The zero-order valence-electron chi connectivity index (χ0n) is 15.6. The van der Waals surface area contributed by atoms with Crippen molar-refractivity contribution in [3.8, 4) is 0 Å². The van der Waals surface area contributed by atoms with Crippen molar-refractivity contribution in [1.82, 2.24) is 15.6 Å². The minimum absolute atomic E-state index is 0.0338. The molecular formula is C20H23N3O5. The van der Waals surface area contributed by atoms with Crippen molar-refractivity contribution in [3.63, 3.8) is 0 Å². The molecule has 0 saturated heterocycles. The maximum atomic E-state index is 12.3. The molecule has 0 bridgehead atoms. The van der Waals surface area contributed by atoms with E-state index in [0.29, 0.717) is 16.8 Å². The van der Waals surface area contributed by atoms with E-state index in [1.165, 1.54) is 0 Å². The number of pyridine rings is 1. The van der Waals surface area contributed by atoms with Crippen molar-refractivity contribution in [2.75, 3.05) is 6.61 Å². The molecule has 0 radical (unpaired) electrons. The van der Waals surface area contributed by atoms with Gasteiger partial charge in [-0.25, -0.2) is 9.59 Å². The van der Waals surface area contributed by atoms with Crippen LogP contribution in [0.5, 0.6) is 0 Å². The van der Waals surface area contributed by atoms with Crippen molar-refractivity contribution < 1.29 is 19.1 Å². The molecule has 28 heavy (non-hydrogen) atoms. The Morgan fingerprint density at radius 1 is 1.18 bits per heavy atom. The lowest BCUT2D eigenvalue weighted by atomic mass is 9.86. The fourth-order valence-corrected chi connectivity index (χ4v) is 3.48. The molecule has 148 valence electrons. The van der Waals surface area contributed by atoms with Crippen molar-refractivity contribution in [2.45, 2.75) is 38.6 Å². The van der Waals surface area contributed by atoms with Gasteiger partial charge in [0.1, 0.15) is 0 Å². The Labute approximate surface area is 161 Å². The summed E-state index contributed by atoms with van der Waals surface area (Å²) in [4.78, 5) is 50.5. The molecule has 3 N–H and O–H groups in total. The highest BCUT2D eigenvalue weighted by molar-refractivity contribution is 6.04. The van der Waals surface area contributed by atoms with Gasteiger partial charge in [0.05, 0.1) is 5.56 Å². The van der Waals surface area contributed by atoms with Gasteiger partial charge in [0.15, 0.2) is 6.61 Å². The van der Waals surface area contributed by atoms with Crippen LogP contribution in [0.15, 0.2) is 35.1 Å². The Hall–Kier alpha value is -3.16. The zero-order valence-corrected chi connectivity index (χ0v) is 15.6. The predicted octanol–water partition coefficient (Wildman–Crippen LogP) is 2.09. The number of aromatic nitrogens is 1. The molecule has 1 heterocycles. The number of carbonyl (C=O) groups is 3. The minimum atomic E-state index is -0.807. The van der Waals surface area contributed by atoms with Gasteiger partial charge >= 0.3 is 12.0 Å². The number of rotatable bonds is 4. The first-order valence-corrected chi connectivity index (χ1v) is 9.33. The molecule has 3 rings (SSSR count). The molecule has 8 heteroatoms. The Kier molecular flexibility index (Phi) is 6.08. The van der Waals surface area contributed by atoms with Gasteiger partial charge in [0, 0.05) is 23.0 Å². The quantitative estimate of drug-likeness (QED) is 0.697. The summed E-state index contributed by atoms with van der Waals surface area (Å²) in [5.74, 6) is -1.18. The van der Waals surface area contributed by atoms with E-state index in [2.05, 4.69) is 22.5 Å². The van der Waals surface area contributed by atoms with E-state index in [9.17, 15) is 19.2 Å². The van der Waals surface area contributed by atoms with Crippen molar-refractivity contribution in [1.29, 1.82) is 0 Å². The normalized spacial score (nSPS) is 19.0. The number of hydrogen-bond donors (Lipinski definition) is 3. The number of urea groups is 1. The molecule has 0 unspecified atom stereocenters. The highest BCUT2D eigenvalue weighted by Gasteiger charge is 2.23. The van der Waals surface area contributed by atoms with Gasteiger partial charge in [-0.2, -0.15) is 0 Å². The van der Waals surface area contributed by atoms with E-state index >= 15 is 0 Å². The number of nitrogens with one attached hydrogen (secondary N) is 3. The van der Waals surface area contributed by atoms with Crippen LogP contribution in [0, 0.1) is 5.92 Å². The lowest BCUT2D eigenvalue weighted by Gasteiger charge is -2.29. The van der Waals surface area contributed by atoms with Gasteiger partial charge in [-0.3, -0.25) is 14.9 Å². The molecule has 1 fully saturated rings. The monoisotopic (exact) mass is 385 g/mol. The summed E-state index contributed by atoms with van der Waals surface area (Å²) in [5, 5.41) is 5.47. The summed E-state index contributed by atoms with van der Waals surface area (Å²) in [5.41, 5.74) is 0.107. The highest BCUT2D eigenvalue weighted by Crippen LogP contribution is 2.23. The Morgan fingerprint density at radius 2 is 1.93 bits per heavy atom. The molecule has 1 aromatic carbocycles. The number of benzene rings is 1. The number of imide groups is 1. The van der Waals surface area contributed by atoms with Gasteiger partial charge in [-0.05, 0) is 24.8 Å². The summed E-state index contributed by atoms with van der Waals surface area (Å²) >= 11 is 0. The molecule has 0 aliphatic heterocycles. The van der Waals surface area contributed by atoms with Crippen molar-refractivity contribution in [3.05, 3.63) is 46.2 Å². The first kappa shape index (κ1) is 19.6. The minimum Gasteiger partial charge on any atom is -0.452 e. The molecule has 1 aliphatic carbocycles. The largest absolute Gasteiger partial charge is 0.452 e.